The number of aryl methyl sites for hydroxylation is 1. The number of carbonyl (C=O) groups is 1. The van der Waals surface area contributed by atoms with E-state index in [0.29, 0.717) is 0 Å². The maximum Gasteiger partial charge on any atom is 0.389 e. The van der Waals surface area contributed by atoms with E-state index in [1.54, 1.807) is 6.07 Å². The summed E-state index contributed by atoms with van der Waals surface area (Å²) in [6.45, 7) is 0. The van der Waals surface area contributed by atoms with E-state index in [2.05, 4.69) is 10.4 Å². The molecule has 0 aliphatic carbocycles. The lowest BCUT2D eigenvalue weighted by Crippen LogP contribution is -2.18. The van der Waals surface area contributed by atoms with Crippen LogP contribution in [-0.2, 0) is 11.8 Å². The van der Waals surface area contributed by atoms with Gasteiger partial charge in [0.2, 0.25) is 5.91 Å². The van der Waals surface area contributed by atoms with Crippen LogP contribution in [0.3, 0.4) is 0 Å². The Balaban J connectivity index is 2.63. The highest BCUT2D eigenvalue weighted by Gasteiger charge is 2.28. The second-order valence-corrected chi connectivity index (χ2v) is 3.31. The van der Waals surface area contributed by atoms with Crippen molar-refractivity contribution < 1.29 is 18.0 Å². The Morgan fingerprint density at radius 2 is 2.29 bits per heavy atom. The SMILES string of the molecule is Cn1ncc(C#N)c1NC(=O)CCC(F)(F)F. The number of anilines is 1. The first-order valence-corrected chi connectivity index (χ1v) is 4.62. The molecule has 0 unspecified atom stereocenters. The zero-order valence-corrected chi connectivity index (χ0v) is 8.88. The summed E-state index contributed by atoms with van der Waals surface area (Å²) in [6.07, 6.45) is -5.03. The smallest absolute Gasteiger partial charge is 0.310 e. The molecule has 1 aromatic rings. The Morgan fingerprint density at radius 3 is 2.82 bits per heavy atom. The molecule has 0 saturated carbocycles. The number of aromatic nitrogens is 2. The van der Waals surface area contributed by atoms with Crippen LogP contribution < -0.4 is 5.32 Å². The van der Waals surface area contributed by atoms with Gasteiger partial charge in [0.15, 0.2) is 0 Å². The summed E-state index contributed by atoms with van der Waals surface area (Å²) < 4.78 is 36.8. The van der Waals surface area contributed by atoms with Crippen LogP contribution in [0.1, 0.15) is 18.4 Å². The van der Waals surface area contributed by atoms with Crippen molar-refractivity contribution in [3.05, 3.63) is 11.8 Å². The molecule has 1 aromatic heterocycles. The molecule has 0 saturated heterocycles. The van der Waals surface area contributed by atoms with Crippen molar-refractivity contribution in [1.29, 1.82) is 5.26 Å². The van der Waals surface area contributed by atoms with Gasteiger partial charge in [-0.1, -0.05) is 0 Å². The molecule has 0 atom stereocenters. The highest BCUT2D eigenvalue weighted by atomic mass is 19.4. The van der Waals surface area contributed by atoms with Crippen LogP contribution in [0.5, 0.6) is 0 Å². The third-order valence-electron chi connectivity index (χ3n) is 1.95. The molecule has 92 valence electrons. The predicted octanol–water partition coefficient (Wildman–Crippen LogP) is 1.57. The summed E-state index contributed by atoms with van der Waals surface area (Å²) in [5.41, 5.74) is 0.104. The van der Waals surface area contributed by atoms with Crippen molar-refractivity contribution in [3.8, 4) is 6.07 Å². The van der Waals surface area contributed by atoms with E-state index in [1.165, 1.54) is 17.9 Å². The van der Waals surface area contributed by atoms with E-state index in [0.717, 1.165) is 0 Å². The first kappa shape index (κ1) is 13.0. The Hall–Kier alpha value is -2.04. The standard InChI is InChI=1S/C9H9F3N4O/c1-16-8(6(4-13)5-14-16)15-7(17)2-3-9(10,11)12/h5H,2-3H2,1H3,(H,15,17). The molecule has 1 rings (SSSR count). The van der Waals surface area contributed by atoms with Crippen molar-refractivity contribution in [3.63, 3.8) is 0 Å². The van der Waals surface area contributed by atoms with Crippen LogP contribution >= 0.6 is 0 Å². The van der Waals surface area contributed by atoms with Gasteiger partial charge < -0.3 is 5.32 Å². The normalized spacial score (nSPS) is 11.0. The lowest BCUT2D eigenvalue weighted by molar-refractivity contribution is -0.142. The summed E-state index contributed by atoms with van der Waals surface area (Å²) in [6, 6.07) is 1.77. The van der Waals surface area contributed by atoms with Gasteiger partial charge >= 0.3 is 6.18 Å². The topological polar surface area (TPSA) is 70.7 Å². The van der Waals surface area contributed by atoms with E-state index < -0.39 is 24.9 Å². The maximum absolute atomic E-state index is 11.9. The average molecular weight is 246 g/mol. The van der Waals surface area contributed by atoms with E-state index in [4.69, 9.17) is 5.26 Å². The van der Waals surface area contributed by atoms with Gasteiger partial charge in [-0.15, -0.1) is 0 Å². The Morgan fingerprint density at radius 1 is 1.65 bits per heavy atom. The molecular formula is C9H9F3N4O. The zero-order valence-electron chi connectivity index (χ0n) is 8.88. The summed E-state index contributed by atoms with van der Waals surface area (Å²) in [5.74, 6) is -0.706. The van der Waals surface area contributed by atoms with Crippen LogP contribution in [0.15, 0.2) is 6.20 Å². The molecule has 0 fully saturated rings. The molecule has 0 aliphatic heterocycles. The maximum atomic E-state index is 11.9. The minimum absolute atomic E-state index is 0.0969. The summed E-state index contributed by atoms with van der Waals surface area (Å²) in [5, 5.41) is 14.6. The number of hydrogen-bond acceptors (Lipinski definition) is 3. The molecule has 1 heterocycles. The largest absolute Gasteiger partial charge is 0.389 e. The molecule has 1 amide bonds. The summed E-state index contributed by atoms with van der Waals surface area (Å²) in [7, 11) is 1.47. The van der Waals surface area contributed by atoms with Crippen LogP contribution in [0.25, 0.3) is 0 Å². The number of nitrogens with zero attached hydrogens (tertiary/aromatic N) is 3. The third kappa shape index (κ3) is 3.79. The zero-order chi connectivity index (χ0) is 13.1. The van der Waals surface area contributed by atoms with Gasteiger partial charge in [-0.3, -0.25) is 9.48 Å². The number of nitrogens with one attached hydrogen (secondary N) is 1. The van der Waals surface area contributed by atoms with Crippen molar-refractivity contribution in [2.45, 2.75) is 19.0 Å². The van der Waals surface area contributed by atoms with Crippen LogP contribution in [0.4, 0.5) is 19.0 Å². The first-order valence-electron chi connectivity index (χ1n) is 4.62. The van der Waals surface area contributed by atoms with E-state index in [-0.39, 0.29) is 11.4 Å². The fourth-order valence-corrected chi connectivity index (χ4v) is 1.12. The predicted molar refractivity (Wildman–Crippen MR) is 51.8 cm³/mol. The fraction of sp³-hybridized carbons (Fsp3) is 0.444. The van der Waals surface area contributed by atoms with Gasteiger partial charge in [0, 0.05) is 13.5 Å². The monoisotopic (exact) mass is 246 g/mol. The number of nitriles is 1. The van der Waals surface area contributed by atoms with Gasteiger partial charge in [0.05, 0.1) is 12.6 Å². The minimum Gasteiger partial charge on any atom is -0.310 e. The molecule has 17 heavy (non-hydrogen) atoms. The molecule has 0 bridgehead atoms. The lowest BCUT2D eigenvalue weighted by Gasteiger charge is -2.07. The third-order valence-corrected chi connectivity index (χ3v) is 1.95. The second-order valence-electron chi connectivity index (χ2n) is 3.31. The number of rotatable bonds is 3. The molecule has 0 radical (unpaired) electrons. The van der Waals surface area contributed by atoms with Crippen LogP contribution in [0.2, 0.25) is 0 Å². The summed E-state index contributed by atoms with van der Waals surface area (Å²) >= 11 is 0. The van der Waals surface area contributed by atoms with Crippen molar-refractivity contribution in [2.75, 3.05) is 5.32 Å². The molecule has 8 heteroatoms. The quantitative estimate of drug-likeness (QED) is 0.879. The van der Waals surface area contributed by atoms with Gasteiger partial charge in [-0.05, 0) is 0 Å². The van der Waals surface area contributed by atoms with Gasteiger partial charge in [-0.2, -0.15) is 23.5 Å². The Bertz CT molecular complexity index is 458. The van der Waals surface area contributed by atoms with Crippen LogP contribution in [-0.4, -0.2) is 21.9 Å². The van der Waals surface area contributed by atoms with E-state index >= 15 is 0 Å². The molecular weight excluding hydrogens is 237 g/mol. The van der Waals surface area contributed by atoms with Crippen molar-refractivity contribution in [2.24, 2.45) is 7.05 Å². The van der Waals surface area contributed by atoms with Crippen molar-refractivity contribution >= 4 is 11.7 Å². The average Bonchev–Trinajstić information content (AvgIpc) is 2.56. The van der Waals surface area contributed by atoms with E-state index in [1.807, 2.05) is 0 Å². The Labute approximate surface area is 94.8 Å². The molecule has 5 nitrogen and oxygen atoms in total. The number of hydrogen-bond donors (Lipinski definition) is 1. The molecule has 0 aliphatic rings. The van der Waals surface area contributed by atoms with Gasteiger partial charge in [-0.25, -0.2) is 0 Å². The van der Waals surface area contributed by atoms with Crippen molar-refractivity contribution in [1.82, 2.24) is 9.78 Å². The van der Waals surface area contributed by atoms with E-state index in [9.17, 15) is 18.0 Å². The Kier molecular flexibility index (Phi) is 3.73. The first-order chi connectivity index (χ1) is 7.83. The van der Waals surface area contributed by atoms with Gasteiger partial charge in [0.25, 0.3) is 0 Å². The molecule has 0 spiro atoms. The summed E-state index contributed by atoms with van der Waals surface area (Å²) in [4.78, 5) is 11.2. The minimum atomic E-state index is -4.37. The number of alkyl halides is 3. The highest BCUT2D eigenvalue weighted by Crippen LogP contribution is 2.22. The molecule has 0 aromatic carbocycles. The van der Waals surface area contributed by atoms with Gasteiger partial charge in [0.1, 0.15) is 17.5 Å². The highest BCUT2D eigenvalue weighted by molar-refractivity contribution is 5.91. The number of amides is 1. The lowest BCUT2D eigenvalue weighted by atomic mass is 10.3. The molecule has 1 N–H and O–H groups in total. The number of halogens is 3. The second kappa shape index (κ2) is 4.86. The van der Waals surface area contributed by atoms with Crippen LogP contribution in [0, 0.1) is 11.3 Å². The number of carbonyl (C=O) groups excluding carboxylic acids is 1. The fourth-order valence-electron chi connectivity index (χ4n) is 1.12.